The molecule has 6 rings (SSSR count). The third kappa shape index (κ3) is 2.41. The number of benzene rings is 1. The van der Waals surface area contributed by atoms with E-state index in [0.29, 0.717) is 12.0 Å². The minimum absolute atomic E-state index is 0.0134. The van der Waals surface area contributed by atoms with Crippen molar-refractivity contribution >= 4 is 17.5 Å². The van der Waals surface area contributed by atoms with Crippen molar-refractivity contribution < 1.29 is 9.59 Å². The first-order valence-corrected chi connectivity index (χ1v) is 10.1. The second-order valence-corrected chi connectivity index (χ2v) is 9.51. The number of primary amides is 1. The van der Waals surface area contributed by atoms with Crippen LogP contribution in [0.2, 0.25) is 0 Å². The Morgan fingerprint density at radius 2 is 1.73 bits per heavy atom. The molecule has 1 unspecified atom stereocenters. The second-order valence-electron chi connectivity index (χ2n) is 9.51. The maximum Gasteiger partial charge on any atom is 0.227 e. The number of hydrogen-bond acceptors (Lipinski definition) is 2. The summed E-state index contributed by atoms with van der Waals surface area (Å²) in [6.07, 6.45) is 8.65. The molecule has 4 saturated carbocycles. The smallest absolute Gasteiger partial charge is 0.227 e. The normalized spacial score (nSPS) is 38.2. The first kappa shape index (κ1) is 16.3. The van der Waals surface area contributed by atoms with Gasteiger partial charge < -0.3 is 10.6 Å². The van der Waals surface area contributed by atoms with Gasteiger partial charge in [0, 0.05) is 18.7 Å². The topological polar surface area (TPSA) is 63.4 Å². The van der Waals surface area contributed by atoms with Gasteiger partial charge in [-0.3, -0.25) is 9.59 Å². The highest BCUT2D eigenvalue weighted by molar-refractivity contribution is 6.00. The summed E-state index contributed by atoms with van der Waals surface area (Å²) in [5.74, 6) is 2.07. The fraction of sp³-hybridized carbons (Fsp3) is 0.636. The van der Waals surface area contributed by atoms with Gasteiger partial charge in [0.1, 0.15) is 0 Å². The summed E-state index contributed by atoms with van der Waals surface area (Å²) in [5, 5.41) is 0. The second kappa shape index (κ2) is 5.58. The molecule has 1 atom stereocenters. The summed E-state index contributed by atoms with van der Waals surface area (Å²) in [5.41, 5.74) is 9.38. The molecule has 4 nitrogen and oxygen atoms in total. The molecule has 1 saturated heterocycles. The molecule has 138 valence electrons. The summed E-state index contributed by atoms with van der Waals surface area (Å²) in [4.78, 5) is 25.6. The van der Waals surface area contributed by atoms with E-state index >= 15 is 0 Å². The van der Waals surface area contributed by atoms with Gasteiger partial charge >= 0.3 is 0 Å². The third-order valence-corrected chi connectivity index (χ3v) is 7.67. The first-order chi connectivity index (χ1) is 12.4. The molecule has 1 heterocycles. The zero-order chi connectivity index (χ0) is 18.1. The van der Waals surface area contributed by atoms with Gasteiger partial charge in [0.15, 0.2) is 0 Å². The number of nitrogens with zero attached hydrogens (tertiary/aromatic N) is 1. The SMILES string of the molecule is Cc1cc(C23CC4CC(CC(C4)C2)C3)ccc1N1CC(C(N)=O)CC1=O. The van der Waals surface area contributed by atoms with Gasteiger partial charge in [-0.15, -0.1) is 0 Å². The van der Waals surface area contributed by atoms with Crippen LogP contribution >= 0.6 is 0 Å². The van der Waals surface area contributed by atoms with E-state index < -0.39 is 0 Å². The monoisotopic (exact) mass is 352 g/mol. The zero-order valence-electron chi connectivity index (χ0n) is 15.5. The Hall–Kier alpha value is -1.84. The van der Waals surface area contributed by atoms with E-state index in [1.165, 1.54) is 44.1 Å². The van der Waals surface area contributed by atoms with E-state index in [1.54, 1.807) is 4.90 Å². The van der Waals surface area contributed by atoms with E-state index in [1.807, 2.05) is 0 Å². The van der Waals surface area contributed by atoms with Crippen LogP contribution in [0.15, 0.2) is 18.2 Å². The molecular weight excluding hydrogens is 324 g/mol. The van der Waals surface area contributed by atoms with Crippen molar-refractivity contribution in [1.82, 2.24) is 0 Å². The van der Waals surface area contributed by atoms with Gasteiger partial charge in [0.2, 0.25) is 11.8 Å². The Kier molecular flexibility index (Phi) is 3.51. The van der Waals surface area contributed by atoms with Crippen LogP contribution in [0, 0.1) is 30.6 Å². The van der Waals surface area contributed by atoms with Gasteiger partial charge in [-0.1, -0.05) is 12.1 Å². The fourth-order valence-corrected chi connectivity index (χ4v) is 6.88. The maximum absolute atomic E-state index is 12.4. The van der Waals surface area contributed by atoms with E-state index in [9.17, 15) is 9.59 Å². The van der Waals surface area contributed by atoms with Crippen molar-refractivity contribution in [1.29, 1.82) is 0 Å². The van der Waals surface area contributed by atoms with E-state index in [0.717, 1.165) is 29.0 Å². The molecule has 0 aromatic heterocycles. The lowest BCUT2D eigenvalue weighted by Crippen LogP contribution is -2.48. The minimum Gasteiger partial charge on any atom is -0.369 e. The highest BCUT2D eigenvalue weighted by Crippen LogP contribution is 2.60. The summed E-state index contributed by atoms with van der Waals surface area (Å²) in [6, 6.07) is 6.71. The van der Waals surface area contributed by atoms with Gasteiger partial charge in [-0.05, 0) is 85.8 Å². The zero-order valence-corrected chi connectivity index (χ0v) is 15.5. The number of nitrogens with two attached hydrogens (primary N) is 1. The van der Waals surface area contributed by atoms with Crippen LogP contribution in [-0.4, -0.2) is 18.4 Å². The van der Waals surface area contributed by atoms with Crippen LogP contribution < -0.4 is 10.6 Å². The quantitative estimate of drug-likeness (QED) is 0.907. The van der Waals surface area contributed by atoms with Crippen molar-refractivity contribution in [3.8, 4) is 0 Å². The molecular formula is C22H28N2O2. The van der Waals surface area contributed by atoms with Crippen LogP contribution in [0.4, 0.5) is 5.69 Å². The number of amides is 2. The van der Waals surface area contributed by atoms with Crippen LogP contribution in [0.5, 0.6) is 0 Å². The van der Waals surface area contributed by atoms with Crippen LogP contribution in [0.3, 0.4) is 0 Å². The van der Waals surface area contributed by atoms with Gasteiger partial charge in [-0.2, -0.15) is 0 Å². The standard InChI is InChI=1S/C22H28N2O2/c1-13-4-18(22-9-14-5-15(10-22)7-16(6-14)11-22)2-3-19(13)24-12-17(21(23)26)8-20(24)25/h2-4,14-17H,5-12H2,1H3,(H2,23,26). The lowest BCUT2D eigenvalue weighted by molar-refractivity contribution is -0.123. The lowest BCUT2D eigenvalue weighted by Gasteiger charge is -2.57. The molecule has 5 fully saturated rings. The molecule has 0 radical (unpaired) electrons. The van der Waals surface area contributed by atoms with Crippen molar-refractivity contribution in [2.24, 2.45) is 29.4 Å². The van der Waals surface area contributed by atoms with Gasteiger partial charge in [0.25, 0.3) is 0 Å². The molecule has 4 heteroatoms. The Morgan fingerprint density at radius 3 is 2.23 bits per heavy atom. The number of carbonyl (C=O) groups excluding carboxylic acids is 2. The van der Waals surface area contributed by atoms with Crippen molar-refractivity contribution in [3.05, 3.63) is 29.3 Å². The highest BCUT2D eigenvalue weighted by Gasteiger charge is 2.51. The molecule has 2 amide bonds. The largest absolute Gasteiger partial charge is 0.369 e. The third-order valence-electron chi connectivity index (χ3n) is 7.67. The molecule has 4 bridgehead atoms. The number of hydrogen-bond donors (Lipinski definition) is 1. The van der Waals surface area contributed by atoms with Crippen molar-refractivity contribution in [2.45, 2.75) is 57.3 Å². The Labute approximate surface area is 155 Å². The number of rotatable bonds is 3. The summed E-state index contributed by atoms with van der Waals surface area (Å²) < 4.78 is 0. The predicted octanol–water partition coefficient (Wildman–Crippen LogP) is 3.30. The average Bonchev–Trinajstić information content (AvgIpc) is 2.95. The Morgan fingerprint density at radius 1 is 1.12 bits per heavy atom. The molecule has 1 aliphatic heterocycles. The van der Waals surface area contributed by atoms with Crippen LogP contribution in [-0.2, 0) is 15.0 Å². The predicted molar refractivity (Wildman–Crippen MR) is 101 cm³/mol. The summed E-state index contributed by atoms with van der Waals surface area (Å²) >= 11 is 0. The molecule has 26 heavy (non-hydrogen) atoms. The lowest BCUT2D eigenvalue weighted by atomic mass is 9.48. The maximum atomic E-state index is 12.4. The summed E-state index contributed by atoms with van der Waals surface area (Å²) in [7, 11) is 0. The average molecular weight is 352 g/mol. The number of anilines is 1. The highest BCUT2D eigenvalue weighted by atomic mass is 16.2. The molecule has 1 aromatic rings. The number of aryl methyl sites for hydroxylation is 1. The molecule has 5 aliphatic rings. The van der Waals surface area contributed by atoms with Crippen LogP contribution in [0.1, 0.15) is 56.1 Å². The van der Waals surface area contributed by atoms with Crippen molar-refractivity contribution in [3.63, 3.8) is 0 Å². The molecule has 2 N–H and O–H groups in total. The van der Waals surface area contributed by atoms with E-state index in [-0.39, 0.29) is 24.2 Å². The molecule has 1 aromatic carbocycles. The molecule has 4 aliphatic carbocycles. The fourth-order valence-electron chi connectivity index (χ4n) is 6.88. The Bertz CT molecular complexity index is 749. The number of carbonyl (C=O) groups is 2. The summed E-state index contributed by atoms with van der Waals surface area (Å²) in [6.45, 7) is 2.52. The first-order valence-electron chi connectivity index (χ1n) is 10.1. The van der Waals surface area contributed by atoms with Gasteiger partial charge in [0.05, 0.1) is 5.92 Å². The van der Waals surface area contributed by atoms with E-state index in [2.05, 4.69) is 25.1 Å². The molecule has 0 spiro atoms. The minimum atomic E-state index is -0.372. The van der Waals surface area contributed by atoms with Crippen molar-refractivity contribution in [2.75, 3.05) is 11.4 Å². The van der Waals surface area contributed by atoms with Gasteiger partial charge in [-0.25, -0.2) is 0 Å². The van der Waals surface area contributed by atoms with Crippen LogP contribution in [0.25, 0.3) is 0 Å². The van der Waals surface area contributed by atoms with E-state index in [4.69, 9.17) is 5.73 Å². The Balaban J connectivity index is 1.44.